The van der Waals surface area contributed by atoms with Crippen molar-refractivity contribution in [3.63, 3.8) is 0 Å². The average molecular weight is 227 g/mol. The van der Waals surface area contributed by atoms with Gasteiger partial charge in [0.05, 0.1) is 5.69 Å². The lowest BCUT2D eigenvalue weighted by Gasteiger charge is -2.11. The Kier molecular flexibility index (Phi) is 3.43. The summed E-state index contributed by atoms with van der Waals surface area (Å²) in [5.41, 5.74) is 4.60. The molecule has 1 aromatic carbocycles. The molecule has 2 heteroatoms. The Labute approximate surface area is 102 Å². The number of nitrogens with zero attached hydrogens (tertiary/aromatic N) is 1. The Morgan fingerprint density at radius 1 is 1.00 bits per heavy atom. The minimum Gasteiger partial charge on any atom is -0.487 e. The van der Waals surface area contributed by atoms with Crippen LogP contribution in [0.3, 0.4) is 0 Å². The van der Waals surface area contributed by atoms with Gasteiger partial charge in [0.2, 0.25) is 0 Å². The highest BCUT2D eigenvalue weighted by molar-refractivity contribution is 5.38. The molecule has 1 heterocycles. The molecule has 0 radical (unpaired) electrons. The van der Waals surface area contributed by atoms with Crippen molar-refractivity contribution in [3.05, 3.63) is 58.9 Å². The lowest BCUT2D eigenvalue weighted by Crippen LogP contribution is -2.01. The third-order valence-corrected chi connectivity index (χ3v) is 3.04. The molecule has 0 bridgehead atoms. The molecule has 0 unspecified atom stereocenters. The normalized spacial score (nSPS) is 10.3. The van der Waals surface area contributed by atoms with Gasteiger partial charge in [-0.25, -0.2) is 0 Å². The van der Waals surface area contributed by atoms with E-state index in [-0.39, 0.29) is 0 Å². The molecular weight excluding hydrogens is 210 g/mol. The maximum absolute atomic E-state index is 5.82. The van der Waals surface area contributed by atoms with Gasteiger partial charge in [0, 0.05) is 6.20 Å². The zero-order chi connectivity index (χ0) is 12.3. The van der Waals surface area contributed by atoms with Crippen LogP contribution in [0, 0.1) is 20.8 Å². The summed E-state index contributed by atoms with van der Waals surface area (Å²) in [6.07, 6.45) is 1.80. The van der Waals surface area contributed by atoms with Crippen LogP contribution in [-0.4, -0.2) is 4.98 Å². The van der Waals surface area contributed by atoms with E-state index < -0.39 is 0 Å². The quantitative estimate of drug-likeness (QED) is 0.799. The monoisotopic (exact) mass is 227 g/mol. The van der Waals surface area contributed by atoms with Crippen molar-refractivity contribution in [1.29, 1.82) is 0 Å². The highest BCUT2D eigenvalue weighted by atomic mass is 16.5. The Morgan fingerprint density at radius 3 is 2.53 bits per heavy atom. The first-order chi connectivity index (χ1) is 8.18. The number of aryl methyl sites for hydroxylation is 2. The molecule has 0 aliphatic heterocycles. The number of benzene rings is 1. The summed E-state index contributed by atoms with van der Waals surface area (Å²) in [5, 5.41) is 0. The largest absolute Gasteiger partial charge is 0.487 e. The predicted octanol–water partition coefficient (Wildman–Crippen LogP) is 3.59. The van der Waals surface area contributed by atoms with Crippen molar-refractivity contribution in [2.24, 2.45) is 0 Å². The second-order valence-electron chi connectivity index (χ2n) is 4.25. The van der Waals surface area contributed by atoms with Crippen molar-refractivity contribution in [2.45, 2.75) is 27.4 Å². The van der Waals surface area contributed by atoms with Crippen LogP contribution in [0.2, 0.25) is 0 Å². The summed E-state index contributed by atoms with van der Waals surface area (Å²) in [6, 6.07) is 10.1. The third-order valence-electron chi connectivity index (χ3n) is 3.04. The predicted molar refractivity (Wildman–Crippen MR) is 69.2 cm³/mol. The van der Waals surface area contributed by atoms with Crippen molar-refractivity contribution in [1.82, 2.24) is 4.98 Å². The van der Waals surface area contributed by atoms with Crippen LogP contribution < -0.4 is 4.74 Å². The first-order valence-electron chi connectivity index (χ1n) is 5.78. The van der Waals surface area contributed by atoms with Crippen LogP contribution in [0.4, 0.5) is 0 Å². The van der Waals surface area contributed by atoms with E-state index in [9.17, 15) is 0 Å². The molecule has 0 saturated carbocycles. The molecular formula is C15H17NO. The van der Waals surface area contributed by atoms with E-state index in [4.69, 9.17) is 4.74 Å². The number of hydrogen-bond donors (Lipinski definition) is 0. The summed E-state index contributed by atoms with van der Waals surface area (Å²) >= 11 is 0. The number of rotatable bonds is 3. The zero-order valence-corrected chi connectivity index (χ0v) is 10.5. The number of aromatic nitrogens is 1. The summed E-state index contributed by atoms with van der Waals surface area (Å²) in [7, 11) is 0. The first kappa shape index (κ1) is 11.6. The maximum Gasteiger partial charge on any atom is 0.130 e. The fourth-order valence-electron chi connectivity index (χ4n) is 1.70. The number of ether oxygens (including phenoxy) is 1. The molecule has 0 aliphatic rings. The fraction of sp³-hybridized carbons (Fsp3) is 0.267. The van der Waals surface area contributed by atoms with Gasteiger partial charge in [0.25, 0.3) is 0 Å². The Morgan fingerprint density at radius 2 is 1.76 bits per heavy atom. The topological polar surface area (TPSA) is 22.1 Å². The summed E-state index contributed by atoms with van der Waals surface area (Å²) in [4.78, 5) is 4.32. The van der Waals surface area contributed by atoms with Gasteiger partial charge in [-0.3, -0.25) is 4.98 Å². The molecule has 0 spiro atoms. The Hall–Kier alpha value is -1.83. The standard InChI is InChI=1S/C15H17NO/c1-11-6-4-8-15(13(11)3)17-10-14-12(2)7-5-9-16-14/h4-9H,10H2,1-3H3. The molecule has 0 atom stereocenters. The molecule has 0 amide bonds. The molecule has 0 fully saturated rings. The molecule has 0 saturated heterocycles. The lowest BCUT2D eigenvalue weighted by atomic mass is 10.1. The second-order valence-corrected chi connectivity index (χ2v) is 4.25. The minimum absolute atomic E-state index is 0.525. The second kappa shape index (κ2) is 5.00. The van der Waals surface area contributed by atoms with Crippen molar-refractivity contribution in [2.75, 3.05) is 0 Å². The van der Waals surface area contributed by atoms with E-state index in [1.54, 1.807) is 6.20 Å². The van der Waals surface area contributed by atoms with E-state index in [1.165, 1.54) is 11.1 Å². The molecule has 17 heavy (non-hydrogen) atoms. The Balaban J connectivity index is 2.13. The SMILES string of the molecule is Cc1cccnc1COc1cccc(C)c1C. The van der Waals surface area contributed by atoms with Crippen LogP contribution in [0.25, 0.3) is 0 Å². The van der Waals surface area contributed by atoms with E-state index >= 15 is 0 Å². The van der Waals surface area contributed by atoms with Gasteiger partial charge in [-0.15, -0.1) is 0 Å². The van der Waals surface area contributed by atoms with Crippen LogP contribution in [0.1, 0.15) is 22.4 Å². The fourth-order valence-corrected chi connectivity index (χ4v) is 1.70. The van der Waals surface area contributed by atoms with Gasteiger partial charge in [0.1, 0.15) is 12.4 Å². The van der Waals surface area contributed by atoms with Crippen LogP contribution in [0.5, 0.6) is 5.75 Å². The van der Waals surface area contributed by atoms with Crippen molar-refractivity contribution in [3.8, 4) is 5.75 Å². The van der Waals surface area contributed by atoms with Gasteiger partial charge in [-0.05, 0) is 49.6 Å². The van der Waals surface area contributed by atoms with Gasteiger partial charge in [0.15, 0.2) is 0 Å². The molecule has 88 valence electrons. The highest BCUT2D eigenvalue weighted by Gasteiger charge is 2.04. The number of pyridine rings is 1. The van der Waals surface area contributed by atoms with Crippen molar-refractivity contribution >= 4 is 0 Å². The minimum atomic E-state index is 0.525. The van der Waals surface area contributed by atoms with E-state index in [0.717, 1.165) is 17.0 Å². The van der Waals surface area contributed by atoms with Crippen LogP contribution in [-0.2, 0) is 6.61 Å². The van der Waals surface area contributed by atoms with E-state index in [0.29, 0.717) is 6.61 Å². The molecule has 2 nitrogen and oxygen atoms in total. The third kappa shape index (κ3) is 2.64. The zero-order valence-electron chi connectivity index (χ0n) is 10.5. The smallest absolute Gasteiger partial charge is 0.130 e. The summed E-state index contributed by atoms with van der Waals surface area (Å²) in [6.45, 7) is 6.75. The van der Waals surface area contributed by atoms with Crippen LogP contribution in [0.15, 0.2) is 36.5 Å². The molecule has 1 aromatic heterocycles. The van der Waals surface area contributed by atoms with E-state index in [1.807, 2.05) is 18.2 Å². The van der Waals surface area contributed by atoms with Gasteiger partial charge in [-0.2, -0.15) is 0 Å². The first-order valence-corrected chi connectivity index (χ1v) is 5.78. The van der Waals surface area contributed by atoms with Crippen molar-refractivity contribution < 1.29 is 4.74 Å². The molecule has 2 aromatic rings. The van der Waals surface area contributed by atoms with Gasteiger partial charge >= 0.3 is 0 Å². The molecule has 0 aliphatic carbocycles. The Bertz CT molecular complexity index is 520. The molecule has 2 rings (SSSR count). The maximum atomic E-state index is 5.82. The summed E-state index contributed by atoms with van der Waals surface area (Å²) < 4.78 is 5.82. The average Bonchev–Trinajstić information content (AvgIpc) is 2.33. The van der Waals surface area contributed by atoms with Gasteiger partial charge in [-0.1, -0.05) is 18.2 Å². The van der Waals surface area contributed by atoms with E-state index in [2.05, 4.69) is 37.9 Å². The summed E-state index contributed by atoms with van der Waals surface area (Å²) in [5.74, 6) is 0.940. The van der Waals surface area contributed by atoms with Crippen LogP contribution >= 0.6 is 0 Å². The number of hydrogen-bond acceptors (Lipinski definition) is 2. The van der Waals surface area contributed by atoms with Gasteiger partial charge < -0.3 is 4.74 Å². The lowest BCUT2D eigenvalue weighted by molar-refractivity contribution is 0.298. The molecule has 0 N–H and O–H groups in total. The highest BCUT2D eigenvalue weighted by Crippen LogP contribution is 2.21.